The van der Waals surface area contributed by atoms with Crippen LogP contribution in [0.4, 0.5) is 8.78 Å². The van der Waals surface area contributed by atoms with Crippen LogP contribution < -0.4 is 0 Å². The Morgan fingerprint density at radius 2 is 1.75 bits per heavy atom. The van der Waals surface area contributed by atoms with E-state index in [-0.39, 0.29) is 0 Å². The minimum Gasteiger partial charge on any atom is -0.298 e. The first-order valence-electron chi connectivity index (χ1n) is 5.39. The predicted octanol–water partition coefficient (Wildman–Crippen LogP) is 3.57. The summed E-state index contributed by atoms with van der Waals surface area (Å²) in [6, 6.07) is 3.68. The third kappa shape index (κ3) is 4.58. The fourth-order valence-electron chi connectivity index (χ4n) is 1.67. The fourth-order valence-corrected chi connectivity index (χ4v) is 2.17. The Hall–Kier alpha value is -0.480. The maximum Gasteiger partial charge on any atom is 0.126 e. The average Bonchev–Trinajstić information content (AvgIpc) is 2.16. The summed E-state index contributed by atoms with van der Waals surface area (Å²) in [4.78, 5) is 2.17. The lowest BCUT2D eigenvalue weighted by Crippen LogP contribution is -2.26. The molecule has 0 bridgehead atoms. The van der Waals surface area contributed by atoms with Crippen molar-refractivity contribution < 1.29 is 8.78 Å². The van der Waals surface area contributed by atoms with E-state index in [1.165, 1.54) is 12.1 Å². The molecule has 0 unspecified atom stereocenters. The first kappa shape index (κ1) is 13.6. The third-order valence-corrected chi connectivity index (χ3v) is 2.62. The summed E-state index contributed by atoms with van der Waals surface area (Å²) in [7, 11) is 0. The average molecular weight is 292 g/mol. The van der Waals surface area contributed by atoms with Gasteiger partial charge in [0.15, 0.2) is 0 Å². The quantitative estimate of drug-likeness (QED) is 0.724. The number of halogens is 3. The van der Waals surface area contributed by atoms with Gasteiger partial charge in [-0.1, -0.05) is 22.9 Å². The summed E-state index contributed by atoms with van der Waals surface area (Å²) >= 11 is 3.37. The smallest absolute Gasteiger partial charge is 0.126 e. The Kier molecular flexibility index (Phi) is 5.91. The zero-order chi connectivity index (χ0) is 12.0. The van der Waals surface area contributed by atoms with Crippen molar-refractivity contribution >= 4 is 15.9 Å². The first-order valence-corrected chi connectivity index (χ1v) is 6.51. The molecule has 1 aromatic rings. The second kappa shape index (κ2) is 6.97. The number of hydrogen-bond donors (Lipinski definition) is 0. The fraction of sp³-hybridized carbons (Fsp3) is 0.500. The Bertz CT molecular complexity index is 305. The lowest BCUT2D eigenvalue weighted by atomic mass is 10.2. The van der Waals surface area contributed by atoms with Crippen molar-refractivity contribution in [3.05, 3.63) is 35.4 Å². The van der Waals surface area contributed by atoms with Crippen LogP contribution >= 0.6 is 15.9 Å². The van der Waals surface area contributed by atoms with E-state index < -0.39 is 11.6 Å². The van der Waals surface area contributed by atoms with Gasteiger partial charge in [-0.2, -0.15) is 0 Å². The van der Waals surface area contributed by atoms with Crippen LogP contribution in [0.1, 0.15) is 18.9 Å². The molecule has 0 amide bonds. The lowest BCUT2D eigenvalue weighted by molar-refractivity contribution is 0.283. The molecule has 0 N–H and O–H groups in total. The van der Waals surface area contributed by atoms with Gasteiger partial charge in [-0.25, -0.2) is 8.78 Å². The molecule has 0 radical (unpaired) electrons. The van der Waals surface area contributed by atoms with Gasteiger partial charge >= 0.3 is 0 Å². The van der Waals surface area contributed by atoms with Gasteiger partial charge in [-0.3, -0.25) is 4.90 Å². The van der Waals surface area contributed by atoms with Crippen molar-refractivity contribution in [1.82, 2.24) is 4.90 Å². The molecule has 0 saturated carbocycles. The second-order valence-corrected chi connectivity index (χ2v) is 4.54. The Morgan fingerprint density at radius 1 is 1.12 bits per heavy atom. The van der Waals surface area contributed by atoms with Gasteiger partial charge < -0.3 is 0 Å². The standard InChI is InChI=1S/C12H16BrF2N/c1-2-4-16(5-3-13)9-10-6-11(14)8-12(15)7-10/h6-8H,2-5,9H2,1H3. The normalized spacial score (nSPS) is 11.1. The summed E-state index contributed by atoms with van der Waals surface area (Å²) < 4.78 is 26.0. The molecule has 1 nitrogen and oxygen atoms in total. The van der Waals surface area contributed by atoms with Crippen molar-refractivity contribution in [2.45, 2.75) is 19.9 Å². The highest BCUT2D eigenvalue weighted by Gasteiger charge is 2.06. The Labute approximate surface area is 104 Å². The molecule has 0 fully saturated rings. The van der Waals surface area contributed by atoms with E-state index in [0.29, 0.717) is 12.1 Å². The molecule has 0 saturated heterocycles. The van der Waals surface area contributed by atoms with Crippen LogP contribution in [-0.4, -0.2) is 23.3 Å². The minimum absolute atomic E-state index is 0.509. The molecule has 1 aromatic carbocycles. The summed E-state index contributed by atoms with van der Waals surface area (Å²) in [5.41, 5.74) is 0.687. The van der Waals surface area contributed by atoms with Gasteiger partial charge in [0.05, 0.1) is 0 Å². The van der Waals surface area contributed by atoms with Gasteiger partial charge in [-0.05, 0) is 30.7 Å². The largest absolute Gasteiger partial charge is 0.298 e. The van der Waals surface area contributed by atoms with Gasteiger partial charge in [0.2, 0.25) is 0 Å². The summed E-state index contributed by atoms with van der Waals surface area (Å²) in [5.74, 6) is -1.02. The zero-order valence-electron chi connectivity index (χ0n) is 9.35. The maximum absolute atomic E-state index is 13.0. The molecule has 0 heterocycles. The van der Waals surface area contributed by atoms with E-state index in [2.05, 4.69) is 27.8 Å². The van der Waals surface area contributed by atoms with E-state index in [4.69, 9.17) is 0 Å². The van der Waals surface area contributed by atoms with E-state index in [9.17, 15) is 8.78 Å². The van der Waals surface area contributed by atoms with E-state index >= 15 is 0 Å². The second-order valence-electron chi connectivity index (χ2n) is 3.74. The monoisotopic (exact) mass is 291 g/mol. The molecule has 0 aliphatic rings. The van der Waals surface area contributed by atoms with Crippen LogP contribution in [0, 0.1) is 11.6 Å². The topological polar surface area (TPSA) is 3.24 Å². The SMILES string of the molecule is CCCN(CCBr)Cc1cc(F)cc(F)c1. The lowest BCUT2D eigenvalue weighted by Gasteiger charge is -2.20. The molecule has 16 heavy (non-hydrogen) atoms. The minimum atomic E-state index is -0.509. The third-order valence-electron chi connectivity index (χ3n) is 2.27. The number of hydrogen-bond acceptors (Lipinski definition) is 1. The number of benzene rings is 1. The highest BCUT2D eigenvalue weighted by atomic mass is 79.9. The highest BCUT2D eigenvalue weighted by Crippen LogP contribution is 2.11. The van der Waals surface area contributed by atoms with Crippen molar-refractivity contribution in [1.29, 1.82) is 0 Å². The van der Waals surface area contributed by atoms with E-state index in [0.717, 1.165) is 30.9 Å². The Morgan fingerprint density at radius 3 is 2.25 bits per heavy atom. The van der Waals surface area contributed by atoms with Crippen LogP contribution in [0.3, 0.4) is 0 Å². The van der Waals surface area contributed by atoms with Crippen molar-refractivity contribution in [3.63, 3.8) is 0 Å². The molecular formula is C12H16BrF2N. The number of nitrogens with zero attached hydrogens (tertiary/aromatic N) is 1. The van der Waals surface area contributed by atoms with Crippen LogP contribution in [0.5, 0.6) is 0 Å². The van der Waals surface area contributed by atoms with Gasteiger partial charge in [0.1, 0.15) is 11.6 Å². The van der Waals surface area contributed by atoms with Gasteiger partial charge in [0.25, 0.3) is 0 Å². The summed E-state index contributed by atoms with van der Waals surface area (Å²) in [6.45, 7) is 4.50. The molecule has 0 aliphatic heterocycles. The number of rotatable bonds is 6. The maximum atomic E-state index is 13.0. The Balaban J connectivity index is 2.68. The predicted molar refractivity (Wildman–Crippen MR) is 65.7 cm³/mol. The molecule has 0 atom stereocenters. The zero-order valence-corrected chi connectivity index (χ0v) is 10.9. The van der Waals surface area contributed by atoms with Crippen molar-refractivity contribution in [2.24, 2.45) is 0 Å². The molecule has 0 aromatic heterocycles. The summed E-state index contributed by atoms with van der Waals surface area (Å²) in [5, 5.41) is 0.866. The van der Waals surface area contributed by atoms with Crippen molar-refractivity contribution in [2.75, 3.05) is 18.4 Å². The molecule has 0 aliphatic carbocycles. The van der Waals surface area contributed by atoms with Gasteiger partial charge in [0, 0.05) is 24.5 Å². The van der Waals surface area contributed by atoms with Crippen LogP contribution in [-0.2, 0) is 6.54 Å². The van der Waals surface area contributed by atoms with Crippen LogP contribution in [0.25, 0.3) is 0 Å². The van der Waals surface area contributed by atoms with E-state index in [1.807, 2.05) is 0 Å². The van der Waals surface area contributed by atoms with Crippen molar-refractivity contribution in [3.8, 4) is 0 Å². The molecule has 4 heteroatoms. The van der Waals surface area contributed by atoms with Crippen LogP contribution in [0.15, 0.2) is 18.2 Å². The highest BCUT2D eigenvalue weighted by molar-refractivity contribution is 9.09. The van der Waals surface area contributed by atoms with E-state index in [1.54, 1.807) is 0 Å². The van der Waals surface area contributed by atoms with Gasteiger partial charge in [-0.15, -0.1) is 0 Å². The number of alkyl halides is 1. The first-order chi connectivity index (χ1) is 7.65. The molecular weight excluding hydrogens is 276 g/mol. The summed E-state index contributed by atoms with van der Waals surface area (Å²) in [6.07, 6.45) is 1.03. The molecule has 0 spiro atoms. The molecule has 1 rings (SSSR count). The molecule has 90 valence electrons. The van der Waals surface area contributed by atoms with Crippen LogP contribution in [0.2, 0.25) is 0 Å².